The number of carboxylic acid groups (broad SMARTS) is 1. The highest BCUT2D eigenvalue weighted by atomic mass is 32.2. The van der Waals surface area contributed by atoms with Crippen LogP contribution in [-0.4, -0.2) is 22.4 Å². The highest BCUT2D eigenvalue weighted by Gasteiger charge is 2.14. The molecule has 0 saturated heterocycles. The number of rotatable bonds is 4. The Morgan fingerprint density at radius 1 is 1.50 bits per heavy atom. The van der Waals surface area contributed by atoms with Crippen LogP contribution in [0.1, 0.15) is 18.1 Å². The lowest BCUT2D eigenvalue weighted by molar-refractivity contribution is -0.139. The molecule has 0 aliphatic carbocycles. The van der Waals surface area contributed by atoms with E-state index in [4.69, 9.17) is 5.11 Å². The van der Waals surface area contributed by atoms with Crippen molar-refractivity contribution in [3.8, 4) is 0 Å². The van der Waals surface area contributed by atoms with Crippen LogP contribution in [-0.2, 0) is 4.79 Å². The van der Waals surface area contributed by atoms with Gasteiger partial charge in [0.1, 0.15) is 0 Å². The molecular weight excluding hydrogens is 200 g/mol. The summed E-state index contributed by atoms with van der Waals surface area (Å²) in [4.78, 5) is 11.3. The third-order valence-corrected chi connectivity index (χ3v) is 2.68. The van der Waals surface area contributed by atoms with Crippen molar-refractivity contribution in [2.75, 3.05) is 6.26 Å². The molecular formula is C10H12O3S. The van der Waals surface area contributed by atoms with E-state index in [9.17, 15) is 9.90 Å². The normalized spacial score (nSPS) is 12.4. The Hall–Kier alpha value is -1.00. The highest BCUT2D eigenvalue weighted by molar-refractivity contribution is 7.98. The Morgan fingerprint density at radius 3 is 2.71 bits per heavy atom. The van der Waals surface area contributed by atoms with Gasteiger partial charge in [0, 0.05) is 4.90 Å². The number of carboxylic acids is 1. The topological polar surface area (TPSA) is 57.5 Å². The van der Waals surface area contributed by atoms with Crippen molar-refractivity contribution in [3.63, 3.8) is 0 Å². The molecule has 1 atom stereocenters. The average molecular weight is 212 g/mol. The monoisotopic (exact) mass is 212 g/mol. The first-order valence-electron chi connectivity index (χ1n) is 4.18. The van der Waals surface area contributed by atoms with Crippen LogP contribution in [0.25, 0.3) is 0 Å². The van der Waals surface area contributed by atoms with E-state index in [0.717, 1.165) is 4.90 Å². The molecule has 0 radical (unpaired) electrons. The largest absolute Gasteiger partial charge is 0.481 e. The van der Waals surface area contributed by atoms with Gasteiger partial charge in [0.2, 0.25) is 0 Å². The maximum Gasteiger partial charge on any atom is 0.306 e. The molecule has 0 spiro atoms. The van der Waals surface area contributed by atoms with Crippen molar-refractivity contribution in [2.24, 2.45) is 0 Å². The molecule has 0 fully saturated rings. The molecule has 0 saturated carbocycles. The Morgan fingerprint density at radius 2 is 2.14 bits per heavy atom. The van der Waals surface area contributed by atoms with E-state index < -0.39 is 12.1 Å². The molecule has 0 bridgehead atoms. The van der Waals surface area contributed by atoms with E-state index in [-0.39, 0.29) is 6.42 Å². The summed E-state index contributed by atoms with van der Waals surface area (Å²) in [5.74, 6) is -0.992. The molecule has 76 valence electrons. The Kier molecular flexibility index (Phi) is 3.98. The fraction of sp³-hybridized carbons (Fsp3) is 0.300. The first-order valence-corrected chi connectivity index (χ1v) is 5.40. The average Bonchev–Trinajstić information content (AvgIpc) is 2.16. The van der Waals surface area contributed by atoms with Crippen LogP contribution in [0.4, 0.5) is 0 Å². The number of aliphatic hydroxyl groups is 1. The first-order chi connectivity index (χ1) is 6.65. The van der Waals surface area contributed by atoms with E-state index in [1.165, 1.54) is 11.8 Å². The van der Waals surface area contributed by atoms with Gasteiger partial charge in [-0.15, -0.1) is 11.8 Å². The van der Waals surface area contributed by atoms with Crippen LogP contribution >= 0.6 is 11.8 Å². The summed E-state index contributed by atoms with van der Waals surface area (Å²) in [6.07, 6.45) is 0.723. The molecule has 1 aromatic rings. The Labute approximate surface area is 86.8 Å². The smallest absolute Gasteiger partial charge is 0.306 e. The number of benzene rings is 1. The first kappa shape index (κ1) is 11.1. The molecule has 0 amide bonds. The zero-order valence-corrected chi connectivity index (χ0v) is 8.62. The van der Waals surface area contributed by atoms with Crippen molar-refractivity contribution in [3.05, 3.63) is 29.8 Å². The fourth-order valence-electron chi connectivity index (χ4n) is 1.22. The van der Waals surface area contributed by atoms with Crippen LogP contribution in [0.2, 0.25) is 0 Å². The van der Waals surface area contributed by atoms with Gasteiger partial charge in [-0.05, 0) is 17.9 Å². The van der Waals surface area contributed by atoms with Crippen molar-refractivity contribution in [2.45, 2.75) is 17.4 Å². The van der Waals surface area contributed by atoms with Crippen molar-refractivity contribution in [1.29, 1.82) is 0 Å². The predicted octanol–water partition coefficient (Wildman–Crippen LogP) is 1.92. The fourth-order valence-corrected chi connectivity index (χ4v) is 1.87. The summed E-state index contributed by atoms with van der Waals surface area (Å²) in [6, 6.07) is 7.27. The van der Waals surface area contributed by atoms with Gasteiger partial charge in [-0.1, -0.05) is 18.2 Å². The number of aliphatic carboxylic acids is 1. The van der Waals surface area contributed by atoms with Gasteiger partial charge in [-0.2, -0.15) is 0 Å². The van der Waals surface area contributed by atoms with Crippen molar-refractivity contribution < 1.29 is 15.0 Å². The van der Waals surface area contributed by atoms with E-state index in [1.54, 1.807) is 12.1 Å². The van der Waals surface area contributed by atoms with Crippen molar-refractivity contribution >= 4 is 17.7 Å². The summed E-state index contributed by atoms with van der Waals surface area (Å²) in [6.45, 7) is 0. The lowest BCUT2D eigenvalue weighted by Gasteiger charge is -2.11. The van der Waals surface area contributed by atoms with E-state index in [2.05, 4.69) is 0 Å². The number of aliphatic hydroxyl groups excluding tert-OH is 1. The molecule has 0 heterocycles. The van der Waals surface area contributed by atoms with Crippen LogP contribution in [0.15, 0.2) is 29.2 Å². The summed E-state index contributed by atoms with van der Waals surface area (Å²) < 4.78 is 0. The van der Waals surface area contributed by atoms with Crippen molar-refractivity contribution in [1.82, 2.24) is 0 Å². The van der Waals surface area contributed by atoms with Gasteiger partial charge in [0.25, 0.3) is 0 Å². The molecule has 0 aliphatic heterocycles. The number of hydrogen-bond acceptors (Lipinski definition) is 3. The number of carbonyl (C=O) groups is 1. The minimum absolute atomic E-state index is 0.252. The SMILES string of the molecule is CSc1ccccc1[C@H](O)CC(=O)O. The molecule has 3 nitrogen and oxygen atoms in total. The van der Waals surface area contributed by atoms with Crippen LogP contribution in [0.3, 0.4) is 0 Å². The van der Waals surface area contributed by atoms with Gasteiger partial charge < -0.3 is 10.2 Å². The second kappa shape index (κ2) is 5.02. The van der Waals surface area contributed by atoms with Crippen LogP contribution in [0, 0.1) is 0 Å². The number of thioether (sulfide) groups is 1. The standard InChI is InChI=1S/C10H12O3S/c1-14-9-5-3-2-4-7(9)8(11)6-10(12)13/h2-5,8,11H,6H2,1H3,(H,12,13)/t8-/m1/s1. The van der Waals surface area contributed by atoms with E-state index in [1.807, 2.05) is 18.4 Å². The minimum atomic E-state index is -0.992. The molecule has 1 aromatic carbocycles. The summed E-state index contributed by atoms with van der Waals surface area (Å²) >= 11 is 1.50. The zero-order chi connectivity index (χ0) is 10.6. The lowest BCUT2D eigenvalue weighted by Crippen LogP contribution is -2.06. The molecule has 14 heavy (non-hydrogen) atoms. The molecule has 4 heteroatoms. The summed E-state index contributed by atoms with van der Waals surface area (Å²) in [5, 5.41) is 18.2. The molecule has 2 N–H and O–H groups in total. The highest BCUT2D eigenvalue weighted by Crippen LogP contribution is 2.27. The Bertz CT molecular complexity index is 325. The Balaban J connectivity index is 2.87. The summed E-state index contributed by atoms with van der Waals surface area (Å²) in [7, 11) is 0. The molecule has 1 rings (SSSR count). The van der Waals surface area contributed by atoms with Gasteiger partial charge in [-0.3, -0.25) is 4.79 Å². The molecule has 0 aromatic heterocycles. The maximum absolute atomic E-state index is 10.4. The van der Waals surface area contributed by atoms with Gasteiger partial charge >= 0.3 is 5.97 Å². The number of hydrogen-bond donors (Lipinski definition) is 2. The van der Waals surface area contributed by atoms with E-state index >= 15 is 0 Å². The van der Waals surface area contributed by atoms with Gasteiger partial charge in [0.05, 0.1) is 12.5 Å². The summed E-state index contributed by atoms with van der Waals surface area (Å²) in [5.41, 5.74) is 0.683. The van der Waals surface area contributed by atoms with Crippen LogP contribution in [0.5, 0.6) is 0 Å². The minimum Gasteiger partial charge on any atom is -0.481 e. The second-order valence-electron chi connectivity index (χ2n) is 2.86. The zero-order valence-electron chi connectivity index (χ0n) is 7.80. The maximum atomic E-state index is 10.4. The quantitative estimate of drug-likeness (QED) is 0.749. The lowest BCUT2D eigenvalue weighted by atomic mass is 10.1. The van der Waals surface area contributed by atoms with E-state index in [0.29, 0.717) is 5.56 Å². The van der Waals surface area contributed by atoms with Crippen LogP contribution < -0.4 is 0 Å². The molecule has 0 unspecified atom stereocenters. The third-order valence-electron chi connectivity index (χ3n) is 1.87. The van der Waals surface area contributed by atoms with Gasteiger partial charge in [-0.25, -0.2) is 0 Å². The molecule has 0 aliphatic rings. The van der Waals surface area contributed by atoms with Gasteiger partial charge in [0.15, 0.2) is 0 Å². The second-order valence-corrected chi connectivity index (χ2v) is 3.70. The predicted molar refractivity (Wildman–Crippen MR) is 55.4 cm³/mol. The third kappa shape index (κ3) is 2.75.